The topological polar surface area (TPSA) is 86.8 Å². The Labute approximate surface area is 198 Å². The van der Waals surface area contributed by atoms with Crippen LogP contribution in [0.1, 0.15) is 30.6 Å². The standard InChI is InChI=1S/C23H27ClFN3O4S/c1-3-16(2)21(26-22(29)17-7-5-4-6-8-17)23(30)27-11-13-28(14-12-27)33(31,32)18-9-10-20(25)19(24)15-18/h4-10,15-16,21H,3,11-14H2,1-2H3,(H,26,29). The predicted molar refractivity (Wildman–Crippen MR) is 124 cm³/mol. The number of halogens is 2. The highest BCUT2D eigenvalue weighted by molar-refractivity contribution is 7.89. The molecule has 2 unspecified atom stereocenters. The summed E-state index contributed by atoms with van der Waals surface area (Å²) in [5, 5.41) is 2.58. The van der Waals surface area contributed by atoms with Crippen molar-refractivity contribution in [2.75, 3.05) is 26.2 Å². The first kappa shape index (κ1) is 25.1. The molecule has 1 aliphatic heterocycles. The number of amides is 2. The smallest absolute Gasteiger partial charge is 0.251 e. The van der Waals surface area contributed by atoms with Crippen LogP contribution in [0.15, 0.2) is 53.4 Å². The second-order valence-electron chi connectivity index (χ2n) is 8.01. The lowest BCUT2D eigenvalue weighted by Gasteiger charge is -2.37. The van der Waals surface area contributed by atoms with Crippen molar-refractivity contribution in [3.8, 4) is 0 Å². The first-order valence-electron chi connectivity index (χ1n) is 10.7. The molecule has 0 bridgehead atoms. The molecule has 178 valence electrons. The zero-order valence-electron chi connectivity index (χ0n) is 18.5. The molecule has 0 spiro atoms. The molecule has 3 rings (SSSR count). The Kier molecular flexibility index (Phi) is 8.10. The Morgan fingerprint density at radius 3 is 2.30 bits per heavy atom. The van der Waals surface area contributed by atoms with Gasteiger partial charge in [-0.3, -0.25) is 9.59 Å². The third-order valence-electron chi connectivity index (χ3n) is 5.88. The minimum atomic E-state index is -3.87. The van der Waals surface area contributed by atoms with E-state index in [0.29, 0.717) is 12.0 Å². The first-order chi connectivity index (χ1) is 15.6. The highest BCUT2D eigenvalue weighted by atomic mass is 35.5. The lowest BCUT2D eigenvalue weighted by atomic mass is 9.97. The average Bonchev–Trinajstić information content (AvgIpc) is 2.83. The Hall–Kier alpha value is -2.49. The van der Waals surface area contributed by atoms with E-state index in [0.717, 1.165) is 12.1 Å². The van der Waals surface area contributed by atoms with Gasteiger partial charge in [-0.25, -0.2) is 12.8 Å². The van der Waals surface area contributed by atoms with Gasteiger partial charge in [-0.1, -0.05) is 50.1 Å². The summed E-state index contributed by atoms with van der Waals surface area (Å²) in [6, 6.07) is 11.2. The summed E-state index contributed by atoms with van der Waals surface area (Å²) in [6.07, 6.45) is 0.686. The van der Waals surface area contributed by atoms with E-state index in [4.69, 9.17) is 11.6 Å². The number of hydrogen-bond acceptors (Lipinski definition) is 4. The van der Waals surface area contributed by atoms with Gasteiger partial charge in [0.25, 0.3) is 5.91 Å². The van der Waals surface area contributed by atoms with Gasteiger partial charge in [0.15, 0.2) is 0 Å². The van der Waals surface area contributed by atoms with Crippen molar-refractivity contribution in [3.63, 3.8) is 0 Å². The van der Waals surface area contributed by atoms with Crippen LogP contribution in [0, 0.1) is 11.7 Å². The number of rotatable bonds is 7. The molecule has 1 saturated heterocycles. The summed E-state index contributed by atoms with van der Waals surface area (Å²) in [5.41, 5.74) is 0.465. The number of nitrogens with one attached hydrogen (secondary N) is 1. The van der Waals surface area contributed by atoms with Gasteiger partial charge in [-0.05, 0) is 36.2 Å². The molecule has 2 aromatic rings. The fraction of sp³-hybridized carbons (Fsp3) is 0.391. The molecule has 1 heterocycles. The summed E-state index contributed by atoms with van der Waals surface area (Å²) >= 11 is 5.74. The third-order valence-corrected chi connectivity index (χ3v) is 8.07. The molecule has 0 radical (unpaired) electrons. The third kappa shape index (κ3) is 5.72. The van der Waals surface area contributed by atoms with E-state index in [9.17, 15) is 22.4 Å². The van der Waals surface area contributed by atoms with Crippen molar-refractivity contribution < 1.29 is 22.4 Å². The molecule has 0 aliphatic carbocycles. The Bertz CT molecular complexity index is 1110. The van der Waals surface area contributed by atoms with E-state index in [2.05, 4.69) is 5.32 Å². The van der Waals surface area contributed by atoms with Crippen LogP contribution in [-0.2, 0) is 14.8 Å². The molecule has 1 fully saturated rings. The molecule has 2 amide bonds. The molecule has 10 heteroatoms. The summed E-state index contributed by atoms with van der Waals surface area (Å²) in [4.78, 5) is 27.4. The van der Waals surface area contributed by atoms with Crippen LogP contribution < -0.4 is 5.32 Å². The largest absolute Gasteiger partial charge is 0.340 e. The number of carbonyl (C=O) groups excluding carboxylic acids is 2. The van der Waals surface area contributed by atoms with Crippen LogP contribution in [0.4, 0.5) is 4.39 Å². The van der Waals surface area contributed by atoms with Gasteiger partial charge in [0.1, 0.15) is 11.9 Å². The fourth-order valence-corrected chi connectivity index (χ4v) is 5.32. The number of hydrogen-bond donors (Lipinski definition) is 1. The molecule has 7 nitrogen and oxygen atoms in total. The maximum absolute atomic E-state index is 13.4. The van der Waals surface area contributed by atoms with E-state index in [1.54, 1.807) is 29.2 Å². The summed E-state index contributed by atoms with van der Waals surface area (Å²) in [5.74, 6) is -1.37. The van der Waals surface area contributed by atoms with Gasteiger partial charge >= 0.3 is 0 Å². The molecule has 2 aromatic carbocycles. The second-order valence-corrected chi connectivity index (χ2v) is 10.4. The van der Waals surface area contributed by atoms with Crippen LogP contribution in [-0.4, -0.2) is 61.7 Å². The summed E-state index contributed by atoms with van der Waals surface area (Å²) in [7, 11) is -3.87. The number of nitrogens with zero attached hydrogens (tertiary/aromatic N) is 2. The van der Waals surface area contributed by atoms with Gasteiger partial charge < -0.3 is 10.2 Å². The van der Waals surface area contributed by atoms with Crippen LogP contribution in [0.3, 0.4) is 0 Å². The lowest BCUT2D eigenvalue weighted by molar-refractivity contribution is -0.135. The lowest BCUT2D eigenvalue weighted by Crippen LogP contribution is -2.57. The number of sulfonamides is 1. The van der Waals surface area contributed by atoms with Crippen molar-refractivity contribution in [1.29, 1.82) is 0 Å². The zero-order chi connectivity index (χ0) is 24.2. The minimum Gasteiger partial charge on any atom is -0.340 e. The zero-order valence-corrected chi connectivity index (χ0v) is 20.1. The van der Waals surface area contributed by atoms with Crippen molar-refractivity contribution in [2.45, 2.75) is 31.2 Å². The Morgan fingerprint density at radius 2 is 1.73 bits per heavy atom. The van der Waals surface area contributed by atoms with Gasteiger partial charge in [0.2, 0.25) is 15.9 Å². The quantitative estimate of drug-likeness (QED) is 0.639. The number of piperazine rings is 1. The monoisotopic (exact) mass is 495 g/mol. The van der Waals surface area contributed by atoms with Gasteiger partial charge in [-0.2, -0.15) is 4.31 Å². The Morgan fingerprint density at radius 1 is 1.09 bits per heavy atom. The van der Waals surface area contributed by atoms with E-state index in [-0.39, 0.29) is 53.8 Å². The summed E-state index contributed by atoms with van der Waals surface area (Å²) in [6.45, 7) is 4.37. The van der Waals surface area contributed by atoms with Crippen LogP contribution in [0.25, 0.3) is 0 Å². The highest BCUT2D eigenvalue weighted by Crippen LogP contribution is 2.23. The molecule has 0 saturated carbocycles. The molecule has 1 aliphatic rings. The van der Waals surface area contributed by atoms with Crippen molar-refractivity contribution in [1.82, 2.24) is 14.5 Å². The summed E-state index contributed by atoms with van der Waals surface area (Å²) < 4.78 is 40.5. The Balaban J connectivity index is 1.69. The molecular formula is C23H27ClFN3O4S. The minimum absolute atomic E-state index is 0.0862. The fourth-order valence-electron chi connectivity index (χ4n) is 3.63. The maximum Gasteiger partial charge on any atom is 0.251 e. The van der Waals surface area contributed by atoms with Crippen LogP contribution in [0.2, 0.25) is 5.02 Å². The average molecular weight is 496 g/mol. The molecule has 2 atom stereocenters. The van der Waals surface area contributed by atoms with Gasteiger partial charge in [-0.15, -0.1) is 0 Å². The molecule has 1 N–H and O–H groups in total. The second kappa shape index (κ2) is 10.6. The first-order valence-corrected chi connectivity index (χ1v) is 12.6. The highest BCUT2D eigenvalue weighted by Gasteiger charge is 2.35. The SMILES string of the molecule is CCC(C)C(NC(=O)c1ccccc1)C(=O)N1CCN(S(=O)(=O)c2ccc(F)c(Cl)c2)CC1. The van der Waals surface area contributed by atoms with E-state index in [1.165, 1.54) is 10.4 Å². The van der Waals surface area contributed by atoms with E-state index < -0.39 is 21.9 Å². The normalized spacial score (nSPS) is 16.8. The maximum atomic E-state index is 13.4. The van der Waals surface area contributed by atoms with E-state index in [1.807, 2.05) is 19.9 Å². The van der Waals surface area contributed by atoms with Gasteiger partial charge in [0, 0.05) is 31.7 Å². The van der Waals surface area contributed by atoms with E-state index >= 15 is 0 Å². The van der Waals surface area contributed by atoms with Gasteiger partial charge in [0.05, 0.1) is 9.92 Å². The molecule has 33 heavy (non-hydrogen) atoms. The van der Waals surface area contributed by atoms with Crippen molar-refractivity contribution in [3.05, 3.63) is 64.9 Å². The molecule has 0 aromatic heterocycles. The van der Waals surface area contributed by atoms with Crippen molar-refractivity contribution in [2.24, 2.45) is 5.92 Å². The molecular weight excluding hydrogens is 469 g/mol. The predicted octanol–water partition coefficient (Wildman–Crippen LogP) is 3.16. The van der Waals surface area contributed by atoms with Crippen LogP contribution >= 0.6 is 11.6 Å². The number of carbonyl (C=O) groups is 2. The van der Waals surface area contributed by atoms with Crippen LogP contribution in [0.5, 0.6) is 0 Å². The number of benzene rings is 2. The van der Waals surface area contributed by atoms with Crippen molar-refractivity contribution >= 4 is 33.4 Å².